The van der Waals surface area contributed by atoms with E-state index in [0.717, 1.165) is 17.0 Å². The number of rotatable bonds is 8. The Morgan fingerprint density at radius 1 is 1.08 bits per heavy atom. The second-order valence-electron chi connectivity index (χ2n) is 8.30. The molecule has 1 fully saturated rings. The van der Waals surface area contributed by atoms with Gasteiger partial charge in [-0.15, -0.1) is 10.2 Å². The molecule has 1 amide bonds. The van der Waals surface area contributed by atoms with Crippen molar-refractivity contribution in [2.75, 3.05) is 49.5 Å². The number of hydrogen-bond acceptors (Lipinski definition) is 10. The first kappa shape index (κ1) is 25.5. The van der Waals surface area contributed by atoms with E-state index >= 15 is 0 Å². The fourth-order valence-electron chi connectivity index (χ4n) is 3.96. The van der Waals surface area contributed by atoms with Crippen molar-refractivity contribution in [3.63, 3.8) is 0 Å². The molecule has 3 aromatic rings. The van der Waals surface area contributed by atoms with Crippen LogP contribution in [0.5, 0.6) is 0 Å². The summed E-state index contributed by atoms with van der Waals surface area (Å²) < 4.78 is 6.48. The van der Waals surface area contributed by atoms with Gasteiger partial charge in [-0.2, -0.15) is 9.78 Å². The van der Waals surface area contributed by atoms with Crippen LogP contribution >= 0.6 is 11.3 Å². The highest BCUT2D eigenvalue weighted by Crippen LogP contribution is 2.21. The lowest BCUT2D eigenvalue weighted by Crippen LogP contribution is -2.49. The lowest BCUT2D eigenvalue weighted by Gasteiger charge is -2.36. The molecule has 1 aliphatic heterocycles. The number of carbonyl (C=O) groups is 2. The number of benzene rings is 1. The predicted molar refractivity (Wildman–Crippen MR) is 137 cm³/mol. The summed E-state index contributed by atoms with van der Waals surface area (Å²) in [6.45, 7) is 8.20. The number of esters is 1. The Morgan fingerprint density at radius 2 is 1.83 bits per heavy atom. The van der Waals surface area contributed by atoms with E-state index in [2.05, 4.69) is 20.6 Å². The Bertz CT molecular complexity index is 1300. The van der Waals surface area contributed by atoms with Gasteiger partial charge in [0.25, 0.3) is 5.56 Å². The largest absolute Gasteiger partial charge is 0.461 e. The normalized spacial score (nSPS) is 14.0. The molecule has 0 spiro atoms. The fourth-order valence-corrected chi connectivity index (χ4v) is 4.66. The average Bonchev–Trinajstić information content (AvgIpc) is 3.32. The Balaban J connectivity index is 1.48. The van der Waals surface area contributed by atoms with Gasteiger partial charge in [0.2, 0.25) is 11.0 Å². The summed E-state index contributed by atoms with van der Waals surface area (Å²) in [7, 11) is 0. The number of amides is 1. The van der Waals surface area contributed by atoms with E-state index in [4.69, 9.17) is 4.74 Å². The van der Waals surface area contributed by atoms with Gasteiger partial charge >= 0.3 is 5.97 Å². The molecule has 4 rings (SSSR count). The third-order valence-electron chi connectivity index (χ3n) is 5.82. The zero-order valence-corrected chi connectivity index (χ0v) is 21.4. The Kier molecular flexibility index (Phi) is 8.06. The first-order valence-corrected chi connectivity index (χ1v) is 12.7. The van der Waals surface area contributed by atoms with Gasteiger partial charge < -0.3 is 9.64 Å². The number of piperazine rings is 1. The number of para-hydroxylation sites is 1. The van der Waals surface area contributed by atoms with E-state index in [9.17, 15) is 14.4 Å². The zero-order valence-electron chi connectivity index (χ0n) is 20.6. The zero-order chi connectivity index (χ0) is 25.7. The van der Waals surface area contributed by atoms with Crippen LogP contribution in [0.4, 0.5) is 10.8 Å². The van der Waals surface area contributed by atoms with E-state index in [1.165, 1.54) is 22.1 Å². The van der Waals surface area contributed by atoms with Crippen molar-refractivity contribution < 1.29 is 14.3 Å². The molecule has 0 radical (unpaired) electrons. The van der Waals surface area contributed by atoms with Crippen molar-refractivity contribution in [2.24, 2.45) is 0 Å². The summed E-state index contributed by atoms with van der Waals surface area (Å²) in [6, 6.07) is 8.80. The van der Waals surface area contributed by atoms with Gasteiger partial charge in [-0.25, -0.2) is 4.79 Å². The molecular formula is C24H29N7O4S. The third kappa shape index (κ3) is 5.77. The highest BCUT2D eigenvalue weighted by Gasteiger charge is 2.26. The summed E-state index contributed by atoms with van der Waals surface area (Å²) in [5, 5.41) is 16.6. The lowest BCUT2D eigenvalue weighted by molar-refractivity contribution is -0.117. The number of hydrogen-bond donors (Lipinski definition) is 1. The van der Waals surface area contributed by atoms with Gasteiger partial charge in [0.15, 0.2) is 5.69 Å². The molecule has 0 saturated carbocycles. The minimum Gasteiger partial charge on any atom is -0.461 e. The maximum Gasteiger partial charge on any atom is 0.360 e. The van der Waals surface area contributed by atoms with Crippen LogP contribution in [0.25, 0.3) is 5.69 Å². The minimum atomic E-state index is -0.583. The van der Waals surface area contributed by atoms with Crippen LogP contribution in [-0.2, 0) is 16.0 Å². The molecule has 0 atom stereocenters. The molecule has 12 heteroatoms. The maximum absolute atomic E-state index is 13.0. The van der Waals surface area contributed by atoms with E-state index in [-0.39, 0.29) is 30.3 Å². The van der Waals surface area contributed by atoms with Gasteiger partial charge in [-0.3, -0.25) is 19.8 Å². The molecular weight excluding hydrogens is 482 g/mol. The molecule has 36 heavy (non-hydrogen) atoms. The van der Waals surface area contributed by atoms with Gasteiger partial charge in [-0.05, 0) is 31.9 Å². The summed E-state index contributed by atoms with van der Waals surface area (Å²) >= 11 is 1.37. The topological polar surface area (TPSA) is 123 Å². The van der Waals surface area contributed by atoms with Crippen molar-refractivity contribution in [1.29, 1.82) is 0 Å². The van der Waals surface area contributed by atoms with Crippen LogP contribution in [0.2, 0.25) is 0 Å². The van der Waals surface area contributed by atoms with Crippen LogP contribution in [0.3, 0.4) is 0 Å². The molecule has 1 saturated heterocycles. The number of anilines is 2. The smallest absolute Gasteiger partial charge is 0.360 e. The molecule has 0 unspecified atom stereocenters. The molecule has 1 aromatic carbocycles. The van der Waals surface area contributed by atoms with Crippen molar-refractivity contribution in [3.8, 4) is 5.69 Å². The molecule has 0 aliphatic carbocycles. The Morgan fingerprint density at radius 3 is 2.50 bits per heavy atom. The van der Waals surface area contributed by atoms with E-state index in [0.29, 0.717) is 42.7 Å². The van der Waals surface area contributed by atoms with Crippen molar-refractivity contribution in [3.05, 3.63) is 57.0 Å². The van der Waals surface area contributed by atoms with Crippen LogP contribution in [0.15, 0.2) is 35.1 Å². The van der Waals surface area contributed by atoms with Gasteiger partial charge in [0, 0.05) is 32.2 Å². The number of aromatic nitrogens is 4. The summed E-state index contributed by atoms with van der Waals surface area (Å²) in [5.74, 6) is -0.739. The van der Waals surface area contributed by atoms with Crippen LogP contribution in [0, 0.1) is 6.92 Å². The Labute approximate surface area is 212 Å². The second kappa shape index (κ2) is 11.4. The quantitative estimate of drug-likeness (QED) is 0.452. The van der Waals surface area contributed by atoms with E-state index in [1.807, 2.05) is 41.8 Å². The van der Waals surface area contributed by atoms with Gasteiger partial charge in [0.1, 0.15) is 5.01 Å². The monoisotopic (exact) mass is 511 g/mol. The minimum absolute atomic E-state index is 0.0916. The summed E-state index contributed by atoms with van der Waals surface area (Å²) in [5.41, 5.74) is 1.66. The summed E-state index contributed by atoms with van der Waals surface area (Å²) in [4.78, 5) is 42.2. The third-order valence-corrected chi connectivity index (χ3v) is 6.80. The van der Waals surface area contributed by atoms with Crippen LogP contribution < -0.4 is 15.8 Å². The number of ether oxygens (including phenoxy) is 1. The van der Waals surface area contributed by atoms with Crippen molar-refractivity contribution in [2.45, 2.75) is 27.2 Å². The SMILES string of the molecule is CCOC(=O)c1nn(-c2ccccc2C)c(=O)cc1N1CCN(CC(=O)Nc2nnc(CC)s2)CC1. The van der Waals surface area contributed by atoms with Crippen molar-refractivity contribution in [1.82, 2.24) is 24.9 Å². The number of carbonyl (C=O) groups excluding carboxylic acids is 2. The average molecular weight is 512 g/mol. The fraction of sp³-hybridized carbons (Fsp3) is 0.417. The first-order valence-electron chi connectivity index (χ1n) is 11.9. The predicted octanol–water partition coefficient (Wildman–Crippen LogP) is 1.89. The molecule has 11 nitrogen and oxygen atoms in total. The number of aryl methyl sites for hydroxylation is 2. The molecule has 1 aliphatic rings. The van der Waals surface area contributed by atoms with Crippen LogP contribution in [0.1, 0.15) is 34.9 Å². The molecule has 0 bridgehead atoms. The highest BCUT2D eigenvalue weighted by molar-refractivity contribution is 7.15. The first-order chi connectivity index (χ1) is 17.4. The van der Waals surface area contributed by atoms with E-state index in [1.54, 1.807) is 13.0 Å². The molecule has 1 N–H and O–H groups in total. The maximum atomic E-state index is 13.0. The number of nitrogens with zero attached hydrogens (tertiary/aromatic N) is 6. The van der Waals surface area contributed by atoms with E-state index < -0.39 is 5.97 Å². The molecule has 3 heterocycles. The molecule has 2 aromatic heterocycles. The standard InChI is InChI=1S/C24H29N7O4S/c1-4-20-26-27-24(36-20)25-19(32)15-29-10-12-30(13-11-29)18-14-21(33)31(17-9-7-6-8-16(17)3)28-22(18)23(34)35-5-2/h6-9,14H,4-5,10-13,15H2,1-3H3,(H,25,27,32). The second-order valence-corrected chi connectivity index (χ2v) is 9.36. The van der Waals surface area contributed by atoms with Gasteiger partial charge in [-0.1, -0.05) is 36.5 Å². The Hall–Kier alpha value is -3.64. The van der Waals surface area contributed by atoms with Crippen LogP contribution in [-0.4, -0.2) is 76.1 Å². The lowest BCUT2D eigenvalue weighted by atomic mass is 10.2. The van der Waals surface area contributed by atoms with Crippen molar-refractivity contribution >= 4 is 34.0 Å². The highest BCUT2D eigenvalue weighted by atomic mass is 32.1. The number of nitrogens with one attached hydrogen (secondary N) is 1. The summed E-state index contributed by atoms with van der Waals surface area (Å²) in [6.07, 6.45) is 0.771. The molecule has 190 valence electrons. The van der Waals surface area contributed by atoms with Gasteiger partial charge in [0.05, 0.1) is 24.5 Å².